The average Bonchev–Trinajstić information content (AvgIpc) is 3.77. The van der Waals surface area contributed by atoms with Crippen LogP contribution in [0.15, 0.2) is 89.3 Å². The molecule has 322 valence electrons. The largest absolute Gasteiger partial charge is 0.494 e. The third-order valence-corrected chi connectivity index (χ3v) is 12.1. The van der Waals surface area contributed by atoms with Crippen LogP contribution in [0.4, 0.5) is 0 Å². The van der Waals surface area contributed by atoms with Gasteiger partial charge in [0, 0.05) is 37.2 Å². The van der Waals surface area contributed by atoms with Crippen LogP contribution in [0.5, 0.6) is 5.75 Å². The smallest absolute Gasteiger partial charge is 0.363 e. The van der Waals surface area contributed by atoms with Gasteiger partial charge in [0.15, 0.2) is 5.76 Å². The summed E-state index contributed by atoms with van der Waals surface area (Å²) >= 11 is 0. The number of benzene rings is 3. The van der Waals surface area contributed by atoms with Crippen LogP contribution in [-0.4, -0.2) is 86.4 Å². The number of hydroxylamine groups is 2. The van der Waals surface area contributed by atoms with Crippen molar-refractivity contribution in [2.24, 2.45) is 5.92 Å². The highest BCUT2D eigenvalue weighted by atomic mass is 31.2. The monoisotopic (exact) mass is 844 g/mol. The summed E-state index contributed by atoms with van der Waals surface area (Å²) in [6.45, 7) is 11.4. The van der Waals surface area contributed by atoms with Gasteiger partial charge in [0.25, 0.3) is 5.91 Å². The van der Waals surface area contributed by atoms with E-state index in [0.717, 1.165) is 48.7 Å². The number of hydrogen-bond acceptors (Lipinski definition) is 11. The number of hydrogen-bond donors (Lipinski definition) is 2. The minimum absolute atomic E-state index is 0.0123. The van der Waals surface area contributed by atoms with Crippen LogP contribution in [0.3, 0.4) is 0 Å². The van der Waals surface area contributed by atoms with Gasteiger partial charge in [-0.3, -0.25) is 23.8 Å². The lowest BCUT2D eigenvalue weighted by Gasteiger charge is -2.31. The normalized spacial score (nSPS) is 14.9. The third-order valence-electron chi connectivity index (χ3n) is 10.3. The van der Waals surface area contributed by atoms with E-state index in [1.165, 1.54) is 6.07 Å². The van der Waals surface area contributed by atoms with E-state index in [0.29, 0.717) is 67.9 Å². The van der Waals surface area contributed by atoms with E-state index in [2.05, 4.69) is 15.5 Å². The second-order valence-corrected chi connectivity index (χ2v) is 17.1. The van der Waals surface area contributed by atoms with Gasteiger partial charge in [-0.15, -0.1) is 0 Å². The minimum atomic E-state index is -3.30. The predicted octanol–water partition coefficient (Wildman–Crippen LogP) is 6.94. The summed E-state index contributed by atoms with van der Waals surface area (Å²) in [5, 5.41) is 6.80. The Morgan fingerprint density at radius 3 is 2.35 bits per heavy atom. The first-order chi connectivity index (χ1) is 29.0. The zero-order chi connectivity index (χ0) is 42.9. The lowest BCUT2D eigenvalue weighted by molar-refractivity contribution is -0.171. The van der Waals surface area contributed by atoms with Crippen molar-refractivity contribution in [2.45, 2.75) is 72.1 Å². The number of morpholine rings is 1. The van der Waals surface area contributed by atoms with E-state index in [-0.39, 0.29) is 24.6 Å². The van der Waals surface area contributed by atoms with Crippen molar-refractivity contribution in [1.29, 1.82) is 0 Å². The number of carbonyl (C=O) groups excluding carboxylic acids is 4. The van der Waals surface area contributed by atoms with Crippen molar-refractivity contribution in [3.05, 3.63) is 107 Å². The predicted molar refractivity (Wildman–Crippen MR) is 228 cm³/mol. The van der Waals surface area contributed by atoms with Gasteiger partial charge in [0.2, 0.25) is 19.7 Å². The molecule has 14 nitrogen and oxygen atoms in total. The molecule has 2 heterocycles. The number of furan rings is 1. The van der Waals surface area contributed by atoms with Crippen molar-refractivity contribution in [3.63, 3.8) is 0 Å². The van der Waals surface area contributed by atoms with Gasteiger partial charge >= 0.3 is 5.97 Å². The molecule has 2 N–H and O–H groups in total. The Bertz CT molecular complexity index is 2050. The second kappa shape index (κ2) is 22.9. The molecule has 4 aromatic rings. The van der Waals surface area contributed by atoms with E-state index in [4.69, 9.17) is 23.3 Å². The molecule has 0 bridgehead atoms. The minimum Gasteiger partial charge on any atom is -0.494 e. The molecule has 1 aliphatic rings. The molecule has 0 radical (unpaired) electrons. The molecule has 0 saturated carbocycles. The summed E-state index contributed by atoms with van der Waals surface area (Å²) in [6, 6.07) is 24.0. The molecule has 60 heavy (non-hydrogen) atoms. The van der Waals surface area contributed by atoms with Gasteiger partial charge in [-0.05, 0) is 73.4 Å². The van der Waals surface area contributed by atoms with Crippen LogP contribution in [0, 0.1) is 5.92 Å². The fourth-order valence-electron chi connectivity index (χ4n) is 6.94. The van der Waals surface area contributed by atoms with Crippen LogP contribution in [0.2, 0.25) is 0 Å². The van der Waals surface area contributed by atoms with Crippen LogP contribution in [0.25, 0.3) is 11.3 Å². The molecular formula is C45H57N4O10P. The summed E-state index contributed by atoms with van der Waals surface area (Å²) < 4.78 is 36.8. The highest BCUT2D eigenvalue weighted by Crippen LogP contribution is 2.44. The van der Waals surface area contributed by atoms with Crippen LogP contribution in [0.1, 0.15) is 84.9 Å². The van der Waals surface area contributed by atoms with Gasteiger partial charge in [-0.25, -0.2) is 4.79 Å². The molecule has 1 unspecified atom stereocenters. The number of ether oxygens (including phenoxy) is 2. The van der Waals surface area contributed by atoms with Gasteiger partial charge in [-0.1, -0.05) is 75.6 Å². The van der Waals surface area contributed by atoms with Gasteiger partial charge in [-0.2, -0.15) is 5.06 Å². The van der Waals surface area contributed by atoms with Gasteiger partial charge < -0.3 is 33.9 Å². The lowest BCUT2D eigenvalue weighted by Crippen LogP contribution is -2.49. The Morgan fingerprint density at radius 1 is 0.917 bits per heavy atom. The second-order valence-electron chi connectivity index (χ2n) is 14.6. The molecule has 3 amide bonds. The van der Waals surface area contributed by atoms with Gasteiger partial charge in [0.1, 0.15) is 11.5 Å². The molecule has 15 heteroatoms. The summed E-state index contributed by atoms with van der Waals surface area (Å²) in [7, 11) is -3.30. The molecule has 1 aliphatic heterocycles. The van der Waals surface area contributed by atoms with E-state index >= 15 is 0 Å². The third kappa shape index (κ3) is 13.1. The number of rotatable bonds is 23. The molecule has 5 rings (SSSR count). The quantitative estimate of drug-likeness (QED) is 0.0261. The SMILES string of the molecule is CCCCC[C@@H](C(=O)NCNC(=O)c1ccc(-c2cc(OCC)cc(P(C)(=O)OCc3ccccc3)c2)o1)[C@@H](CC)N(C=O)OC(=O)c1ccc(CN2CCOCC2)cc1. The van der Waals surface area contributed by atoms with Crippen LogP contribution < -0.4 is 20.7 Å². The van der Waals surface area contributed by atoms with Crippen molar-refractivity contribution in [2.75, 3.05) is 46.2 Å². The summed E-state index contributed by atoms with van der Waals surface area (Å²) in [5.41, 5.74) is 2.74. The number of unbranched alkanes of at least 4 members (excludes halogenated alkanes) is 2. The first-order valence-electron chi connectivity index (χ1n) is 20.6. The number of carbonyl (C=O) groups is 4. The average molecular weight is 845 g/mol. The van der Waals surface area contributed by atoms with Crippen molar-refractivity contribution in [1.82, 2.24) is 20.6 Å². The Labute approximate surface area is 352 Å². The standard InChI is InChI=1S/C45H57N4O10P/c1-5-8-10-15-39(40(6-2)49(32-50)59-45(53)35-18-16-33(17-19-35)29-48-22-24-55-25-23-48)43(51)46-31-47-44(52)42-21-20-41(58-42)36-26-37(56-7-3)28-38(27-36)60(4,54)57-30-34-13-11-9-12-14-34/h9,11-14,16-21,26-28,32,39-40H,5-8,10,15,22-25,29-31H2,1-4H3,(H,46,51)(H,47,52)/t39-,40-,60?/m1/s1. The van der Waals surface area contributed by atoms with Crippen molar-refractivity contribution < 1.29 is 47.0 Å². The fourth-order valence-corrected chi connectivity index (χ4v) is 8.22. The topological polar surface area (TPSA) is 166 Å². The molecule has 0 aliphatic carbocycles. The van der Waals surface area contributed by atoms with Crippen LogP contribution in [-0.2, 0) is 41.4 Å². The highest BCUT2D eigenvalue weighted by molar-refractivity contribution is 7.66. The first-order valence-corrected chi connectivity index (χ1v) is 22.7. The number of nitrogens with zero attached hydrogens (tertiary/aromatic N) is 2. The maximum absolute atomic E-state index is 13.8. The zero-order valence-electron chi connectivity index (χ0n) is 34.9. The Hall–Kier alpha value is -5.27. The maximum Gasteiger partial charge on any atom is 0.363 e. The Morgan fingerprint density at radius 2 is 1.67 bits per heavy atom. The summed E-state index contributed by atoms with van der Waals surface area (Å²) in [6.07, 6.45) is 3.67. The molecule has 3 aromatic carbocycles. The van der Waals surface area contributed by atoms with E-state index in [1.54, 1.807) is 43.1 Å². The van der Waals surface area contributed by atoms with Crippen molar-refractivity contribution >= 4 is 36.9 Å². The molecule has 1 fully saturated rings. The molecule has 1 aromatic heterocycles. The van der Waals surface area contributed by atoms with E-state index in [1.807, 2.05) is 63.2 Å². The first kappa shape index (κ1) is 45.8. The fraction of sp³-hybridized carbons (Fsp3) is 0.422. The molecule has 1 saturated heterocycles. The summed E-state index contributed by atoms with van der Waals surface area (Å²) in [4.78, 5) is 60.4. The number of nitrogens with one attached hydrogen (secondary N) is 2. The molecule has 0 spiro atoms. The van der Waals surface area contributed by atoms with E-state index < -0.39 is 37.1 Å². The highest BCUT2D eigenvalue weighted by Gasteiger charge is 2.34. The zero-order valence-corrected chi connectivity index (χ0v) is 35.8. The van der Waals surface area contributed by atoms with Gasteiger partial charge in [0.05, 0.1) is 50.6 Å². The molecular weight excluding hydrogens is 787 g/mol. The van der Waals surface area contributed by atoms with E-state index in [9.17, 15) is 23.7 Å². The lowest BCUT2D eigenvalue weighted by atomic mass is 9.90. The summed E-state index contributed by atoms with van der Waals surface area (Å²) in [5.74, 6) is -1.64. The molecule has 3 atom stereocenters. The van der Waals surface area contributed by atoms with Crippen molar-refractivity contribution in [3.8, 4) is 17.1 Å². The Kier molecular flexibility index (Phi) is 17.5. The van der Waals surface area contributed by atoms with Crippen LogP contribution >= 0.6 is 7.37 Å². The Balaban J connectivity index is 1.20. The maximum atomic E-state index is 13.8. The number of amides is 3.